The lowest BCUT2D eigenvalue weighted by atomic mass is 9.80. The highest BCUT2D eigenvalue weighted by molar-refractivity contribution is 6.83. The van der Waals surface area contributed by atoms with Gasteiger partial charge in [-0.25, -0.2) is 0 Å². The van der Waals surface area contributed by atoms with Crippen molar-refractivity contribution in [3.63, 3.8) is 0 Å². The Morgan fingerprint density at radius 1 is 1.25 bits per heavy atom. The molecular weight excluding hydrogens is 208 g/mol. The first kappa shape index (κ1) is 11.7. The maximum Gasteiger partial charge on any atom is 0.0743 e. The van der Waals surface area contributed by atoms with Gasteiger partial charge in [-0.3, -0.25) is 0 Å². The maximum atomic E-state index is 4.04. The minimum absolute atomic E-state index is 0.919. The molecule has 1 fully saturated rings. The molecule has 16 heavy (non-hydrogen) atoms. The van der Waals surface area contributed by atoms with Gasteiger partial charge in [0.1, 0.15) is 0 Å². The molecule has 0 heterocycles. The normalized spacial score (nSPS) is 24.9. The van der Waals surface area contributed by atoms with Gasteiger partial charge < -0.3 is 0 Å². The molecule has 2 atom stereocenters. The average molecular weight is 230 g/mol. The summed E-state index contributed by atoms with van der Waals surface area (Å²) >= 11 is 0. The van der Waals surface area contributed by atoms with E-state index >= 15 is 0 Å². The van der Waals surface area contributed by atoms with Gasteiger partial charge in [0.2, 0.25) is 0 Å². The van der Waals surface area contributed by atoms with E-state index in [0.29, 0.717) is 0 Å². The summed E-state index contributed by atoms with van der Waals surface area (Å²) in [7, 11) is -1.15. The van der Waals surface area contributed by atoms with Gasteiger partial charge >= 0.3 is 0 Å². The maximum absolute atomic E-state index is 4.04. The fraction of sp³-hybridized carbons (Fsp3) is 0.467. The molecule has 2 rings (SSSR count). The molecule has 1 aromatic carbocycles. The molecule has 1 aliphatic carbocycles. The van der Waals surface area contributed by atoms with Gasteiger partial charge in [-0.2, -0.15) is 0 Å². The van der Waals surface area contributed by atoms with E-state index in [1.165, 1.54) is 24.8 Å². The van der Waals surface area contributed by atoms with Gasteiger partial charge in [0.25, 0.3) is 0 Å². The monoisotopic (exact) mass is 230 g/mol. The quantitative estimate of drug-likeness (QED) is 0.671. The second-order valence-corrected chi connectivity index (χ2v) is 10.5. The van der Waals surface area contributed by atoms with Gasteiger partial charge in [-0.15, -0.1) is 12.3 Å². The van der Waals surface area contributed by atoms with E-state index in [9.17, 15) is 0 Å². The summed E-state index contributed by atoms with van der Waals surface area (Å²) in [6, 6.07) is 10.9. The van der Waals surface area contributed by atoms with Crippen LogP contribution in [-0.4, -0.2) is 8.07 Å². The fourth-order valence-corrected chi connectivity index (χ4v) is 5.57. The molecule has 0 bridgehead atoms. The molecule has 0 amide bonds. The average Bonchev–Trinajstić information content (AvgIpc) is 2.25. The Labute approximate surface area is 100 Å². The van der Waals surface area contributed by atoms with Crippen molar-refractivity contribution in [2.45, 2.75) is 37.9 Å². The second kappa shape index (κ2) is 4.58. The van der Waals surface area contributed by atoms with Crippen LogP contribution < -0.4 is 0 Å². The highest BCUT2D eigenvalue weighted by Crippen LogP contribution is 2.48. The van der Waals surface area contributed by atoms with E-state index in [1.54, 1.807) is 0 Å². The van der Waals surface area contributed by atoms with Crippen molar-refractivity contribution < 1.29 is 0 Å². The Balaban J connectivity index is 2.00. The predicted molar refractivity (Wildman–Crippen MR) is 74.3 cm³/mol. The van der Waals surface area contributed by atoms with E-state index in [2.05, 4.69) is 55.7 Å². The Morgan fingerprint density at radius 3 is 2.44 bits per heavy atom. The zero-order valence-electron chi connectivity index (χ0n) is 10.4. The minimum Gasteiger partial charge on any atom is -0.107 e. The summed E-state index contributed by atoms with van der Waals surface area (Å²) in [5, 5.41) is 0. The Hall–Kier alpha value is -0.823. The molecule has 1 aromatic rings. The Morgan fingerprint density at radius 2 is 1.94 bits per heavy atom. The summed E-state index contributed by atoms with van der Waals surface area (Å²) < 4.78 is 0. The molecule has 86 valence electrons. The number of rotatable bonds is 4. The van der Waals surface area contributed by atoms with Crippen LogP contribution in [0.4, 0.5) is 0 Å². The van der Waals surface area contributed by atoms with Crippen molar-refractivity contribution in [3.8, 4) is 0 Å². The third kappa shape index (κ3) is 2.30. The molecule has 0 nitrogen and oxygen atoms in total. The van der Waals surface area contributed by atoms with Crippen LogP contribution in [0.25, 0.3) is 0 Å². The van der Waals surface area contributed by atoms with Crippen LogP contribution in [0.3, 0.4) is 0 Å². The molecule has 0 spiro atoms. The molecule has 1 aliphatic rings. The number of hydrogen-bond acceptors (Lipinski definition) is 0. The van der Waals surface area contributed by atoms with E-state index in [4.69, 9.17) is 0 Å². The van der Waals surface area contributed by atoms with Gasteiger partial charge in [0, 0.05) is 0 Å². The first-order chi connectivity index (χ1) is 7.63. The van der Waals surface area contributed by atoms with Gasteiger partial charge in [-0.1, -0.05) is 56.3 Å². The SMILES string of the molecule is C=C[Si](C)(C)C1CCC1Cc1ccccc1. The summed E-state index contributed by atoms with van der Waals surface area (Å²) in [5.41, 5.74) is 4.74. The summed E-state index contributed by atoms with van der Waals surface area (Å²) in [6.45, 7) is 8.96. The zero-order chi connectivity index (χ0) is 11.6. The Kier molecular flexibility index (Phi) is 3.34. The van der Waals surface area contributed by atoms with Crippen LogP contribution in [0.15, 0.2) is 42.6 Å². The van der Waals surface area contributed by atoms with Crippen LogP contribution in [0, 0.1) is 5.92 Å². The van der Waals surface area contributed by atoms with Crippen LogP contribution in [0.1, 0.15) is 18.4 Å². The zero-order valence-corrected chi connectivity index (χ0v) is 11.4. The summed E-state index contributed by atoms with van der Waals surface area (Å²) in [5.74, 6) is 0.919. The van der Waals surface area contributed by atoms with Crippen molar-refractivity contribution in [1.29, 1.82) is 0 Å². The van der Waals surface area contributed by atoms with E-state index in [-0.39, 0.29) is 0 Å². The Bertz CT molecular complexity index is 353. The molecular formula is C15H22Si. The first-order valence-corrected chi connectivity index (χ1v) is 9.46. The van der Waals surface area contributed by atoms with E-state index in [1.807, 2.05) is 0 Å². The topological polar surface area (TPSA) is 0 Å². The number of benzene rings is 1. The van der Waals surface area contributed by atoms with E-state index < -0.39 is 8.07 Å². The molecule has 0 radical (unpaired) electrons. The standard InChI is InChI=1S/C15H22Si/c1-4-16(2,3)15-11-10-14(15)12-13-8-6-5-7-9-13/h4-9,14-15H,1,10-12H2,2-3H3. The van der Waals surface area contributed by atoms with Crippen molar-refractivity contribution in [3.05, 3.63) is 48.2 Å². The number of hydrogen-bond donors (Lipinski definition) is 0. The lowest BCUT2D eigenvalue weighted by Crippen LogP contribution is -2.41. The first-order valence-electron chi connectivity index (χ1n) is 6.31. The minimum atomic E-state index is -1.15. The molecule has 1 heteroatoms. The van der Waals surface area contributed by atoms with Gasteiger partial charge in [0.15, 0.2) is 0 Å². The van der Waals surface area contributed by atoms with Crippen LogP contribution >= 0.6 is 0 Å². The molecule has 2 unspecified atom stereocenters. The third-order valence-corrected chi connectivity index (χ3v) is 7.96. The summed E-state index contributed by atoms with van der Waals surface area (Å²) in [6.07, 6.45) is 4.13. The molecule has 0 saturated heterocycles. The highest BCUT2D eigenvalue weighted by Gasteiger charge is 2.40. The van der Waals surface area contributed by atoms with Crippen LogP contribution in [0.2, 0.25) is 18.6 Å². The summed E-state index contributed by atoms with van der Waals surface area (Å²) in [4.78, 5) is 0. The lowest BCUT2D eigenvalue weighted by molar-refractivity contribution is 0.306. The molecule has 1 saturated carbocycles. The predicted octanol–water partition coefficient (Wildman–Crippen LogP) is 4.44. The highest BCUT2D eigenvalue weighted by atomic mass is 28.3. The molecule has 0 N–H and O–H groups in total. The fourth-order valence-electron chi connectivity index (χ4n) is 2.86. The van der Waals surface area contributed by atoms with Gasteiger partial charge in [0.05, 0.1) is 8.07 Å². The van der Waals surface area contributed by atoms with E-state index in [0.717, 1.165) is 11.5 Å². The smallest absolute Gasteiger partial charge is 0.0743 e. The molecule has 0 aromatic heterocycles. The van der Waals surface area contributed by atoms with Crippen molar-refractivity contribution in [2.75, 3.05) is 0 Å². The van der Waals surface area contributed by atoms with Crippen molar-refractivity contribution in [2.24, 2.45) is 5.92 Å². The largest absolute Gasteiger partial charge is 0.107 e. The van der Waals surface area contributed by atoms with Crippen molar-refractivity contribution in [1.82, 2.24) is 0 Å². The van der Waals surface area contributed by atoms with Crippen LogP contribution in [-0.2, 0) is 6.42 Å². The van der Waals surface area contributed by atoms with Crippen molar-refractivity contribution >= 4 is 8.07 Å². The van der Waals surface area contributed by atoms with Gasteiger partial charge in [-0.05, 0) is 23.4 Å². The second-order valence-electron chi connectivity index (χ2n) is 5.66. The lowest BCUT2D eigenvalue weighted by Gasteiger charge is -2.44. The van der Waals surface area contributed by atoms with Crippen LogP contribution in [0.5, 0.6) is 0 Å². The third-order valence-electron chi connectivity index (χ3n) is 4.24. The molecule has 0 aliphatic heterocycles.